The van der Waals surface area contributed by atoms with E-state index in [0.29, 0.717) is 23.5 Å². The van der Waals surface area contributed by atoms with Gasteiger partial charge in [-0.15, -0.1) is 0 Å². The second-order valence-corrected chi connectivity index (χ2v) is 13.7. The highest BCUT2D eigenvalue weighted by molar-refractivity contribution is 7.99. The first-order chi connectivity index (χ1) is 21.7. The van der Waals surface area contributed by atoms with Crippen LogP contribution in [-0.2, 0) is 28.7 Å². The number of carbonyl (C=O) groups is 5. The number of esters is 2. The Balaban J connectivity index is 2.04. The molecule has 0 aliphatic heterocycles. The van der Waals surface area contributed by atoms with Crippen LogP contribution in [0.2, 0.25) is 0 Å². The number of ether oxygens (including phenoxy) is 2. The first-order valence-electron chi connectivity index (χ1n) is 15.3. The van der Waals surface area contributed by atoms with Gasteiger partial charge in [0.1, 0.15) is 12.1 Å². The molecule has 0 saturated carbocycles. The molecule has 0 heterocycles. The average molecular weight is 657 g/mol. The number of thioether (sulfide) groups is 1. The van der Waals surface area contributed by atoms with Crippen molar-refractivity contribution < 1.29 is 33.4 Å². The molecule has 0 spiro atoms. The van der Waals surface area contributed by atoms with Gasteiger partial charge in [-0.2, -0.15) is 11.8 Å². The number of rotatable bonds is 16. The van der Waals surface area contributed by atoms with E-state index < -0.39 is 29.9 Å². The van der Waals surface area contributed by atoms with Gasteiger partial charge in [0.05, 0.1) is 20.1 Å². The summed E-state index contributed by atoms with van der Waals surface area (Å²) in [5.74, 6) is -1.43. The van der Waals surface area contributed by atoms with Crippen LogP contribution in [0.3, 0.4) is 0 Å². The number of urea groups is 1. The Morgan fingerprint density at radius 2 is 1.35 bits per heavy atom. The van der Waals surface area contributed by atoms with Crippen molar-refractivity contribution in [2.45, 2.75) is 71.9 Å². The molecule has 0 bridgehead atoms. The number of hydrogen-bond acceptors (Lipinski definition) is 8. The molecule has 3 atom stereocenters. The van der Waals surface area contributed by atoms with Gasteiger partial charge in [-0.05, 0) is 59.8 Å². The summed E-state index contributed by atoms with van der Waals surface area (Å²) in [7, 11) is 2.52. The number of carbonyl (C=O) groups excluding carboxylic acids is 5. The molecule has 2 aromatic carbocycles. The highest BCUT2D eigenvalue weighted by atomic mass is 32.2. The largest absolute Gasteiger partial charge is 0.467 e. The molecule has 4 amide bonds. The van der Waals surface area contributed by atoms with E-state index in [9.17, 15) is 24.0 Å². The van der Waals surface area contributed by atoms with Gasteiger partial charge >= 0.3 is 18.0 Å². The number of amides is 4. The molecule has 0 radical (unpaired) electrons. The van der Waals surface area contributed by atoms with Crippen molar-refractivity contribution in [1.82, 2.24) is 10.6 Å². The van der Waals surface area contributed by atoms with E-state index in [1.807, 2.05) is 52.8 Å². The number of methoxy groups -OCH3 is 2. The topological polar surface area (TPSA) is 152 Å². The standard InChI is InChI=1S/C34H48N4O7S/c1-22(2)19-26(23-13-15-25(16-14-23)36-33(43)35-24-11-9-8-10-12-24)30(40)38-27(31(41)44-6)17-18-46-21-28(32(42)45-7)37-29(39)20-34(3,4)5/h8-16,22,26-28H,17-21H2,1-7H3,(H,37,39)(H,38,40)(H2,35,36,43). The van der Waals surface area contributed by atoms with Gasteiger partial charge in [0.25, 0.3) is 0 Å². The molecule has 4 N–H and O–H groups in total. The Hall–Kier alpha value is -4.06. The zero-order valence-electron chi connectivity index (χ0n) is 27.8. The maximum Gasteiger partial charge on any atom is 0.329 e. The monoisotopic (exact) mass is 656 g/mol. The minimum atomic E-state index is -0.908. The Kier molecular flexibility index (Phi) is 15.6. The van der Waals surface area contributed by atoms with Gasteiger partial charge in [0.2, 0.25) is 11.8 Å². The Bertz CT molecular complexity index is 1300. The van der Waals surface area contributed by atoms with Crippen molar-refractivity contribution in [1.29, 1.82) is 0 Å². The smallest absolute Gasteiger partial charge is 0.329 e. The van der Waals surface area contributed by atoms with Gasteiger partial charge in [0.15, 0.2) is 0 Å². The highest BCUT2D eigenvalue weighted by Crippen LogP contribution is 2.26. The summed E-state index contributed by atoms with van der Waals surface area (Å²) < 4.78 is 9.83. The van der Waals surface area contributed by atoms with E-state index >= 15 is 0 Å². The lowest BCUT2D eigenvalue weighted by Gasteiger charge is -2.23. The fourth-order valence-corrected chi connectivity index (χ4v) is 5.61. The molecule has 0 saturated heterocycles. The van der Waals surface area contributed by atoms with Crippen molar-refractivity contribution in [2.75, 3.05) is 36.4 Å². The van der Waals surface area contributed by atoms with Crippen LogP contribution < -0.4 is 21.3 Å². The molecule has 0 fully saturated rings. The summed E-state index contributed by atoms with van der Waals surface area (Å²) in [6, 6.07) is 14.0. The molecule has 0 aromatic heterocycles. The highest BCUT2D eigenvalue weighted by Gasteiger charge is 2.29. The molecule has 12 heteroatoms. The van der Waals surface area contributed by atoms with E-state index in [2.05, 4.69) is 21.3 Å². The summed E-state index contributed by atoms with van der Waals surface area (Å²) in [4.78, 5) is 63.3. The molecular formula is C34H48N4O7S. The summed E-state index contributed by atoms with van der Waals surface area (Å²) in [5.41, 5.74) is 1.72. The lowest BCUT2D eigenvalue weighted by Crippen LogP contribution is -2.45. The van der Waals surface area contributed by atoms with Gasteiger partial charge in [-0.1, -0.05) is 65.0 Å². The maximum absolute atomic E-state index is 13.6. The number of hydrogen-bond donors (Lipinski definition) is 4. The minimum absolute atomic E-state index is 0.182. The van der Waals surface area contributed by atoms with Crippen molar-refractivity contribution >= 4 is 52.9 Å². The summed E-state index contributed by atoms with van der Waals surface area (Å²) >= 11 is 1.36. The first-order valence-corrected chi connectivity index (χ1v) is 16.4. The third-order valence-corrected chi connectivity index (χ3v) is 7.87. The average Bonchev–Trinajstić information content (AvgIpc) is 2.99. The first kappa shape index (κ1) is 38.1. The van der Waals surface area contributed by atoms with Crippen LogP contribution in [0.5, 0.6) is 0 Å². The van der Waals surface area contributed by atoms with Gasteiger partial charge in [0, 0.05) is 23.5 Å². The van der Waals surface area contributed by atoms with Crippen LogP contribution in [0.4, 0.5) is 16.2 Å². The second kappa shape index (κ2) is 18.8. The Labute approximate surface area is 276 Å². The predicted octanol–water partition coefficient (Wildman–Crippen LogP) is 5.34. The third-order valence-electron chi connectivity index (χ3n) is 6.78. The zero-order valence-corrected chi connectivity index (χ0v) is 28.6. The van der Waals surface area contributed by atoms with Crippen molar-refractivity contribution in [2.24, 2.45) is 11.3 Å². The van der Waals surface area contributed by atoms with E-state index in [-0.39, 0.29) is 47.8 Å². The second-order valence-electron chi connectivity index (χ2n) is 12.6. The molecule has 46 heavy (non-hydrogen) atoms. The van der Waals surface area contributed by atoms with E-state index in [1.54, 1.807) is 36.4 Å². The normalized spacial score (nSPS) is 13.1. The van der Waals surface area contributed by atoms with Gasteiger partial charge in [-0.3, -0.25) is 9.59 Å². The quantitative estimate of drug-likeness (QED) is 0.140. The van der Waals surface area contributed by atoms with E-state index in [1.165, 1.54) is 26.0 Å². The van der Waals surface area contributed by atoms with Crippen molar-refractivity contribution in [3.63, 3.8) is 0 Å². The van der Waals surface area contributed by atoms with Gasteiger partial charge in [-0.25, -0.2) is 14.4 Å². The lowest BCUT2D eigenvalue weighted by molar-refractivity contribution is -0.145. The molecule has 11 nitrogen and oxygen atoms in total. The van der Waals surface area contributed by atoms with E-state index in [4.69, 9.17) is 9.47 Å². The van der Waals surface area contributed by atoms with Crippen LogP contribution in [0.1, 0.15) is 65.4 Å². The third kappa shape index (κ3) is 13.9. The van der Waals surface area contributed by atoms with Crippen molar-refractivity contribution in [3.05, 3.63) is 60.2 Å². The minimum Gasteiger partial charge on any atom is -0.467 e. The van der Waals surface area contributed by atoms with Crippen LogP contribution in [0, 0.1) is 11.3 Å². The van der Waals surface area contributed by atoms with Crippen LogP contribution in [0.25, 0.3) is 0 Å². The van der Waals surface area contributed by atoms with Crippen LogP contribution in [-0.4, -0.2) is 67.6 Å². The molecule has 2 rings (SSSR count). The van der Waals surface area contributed by atoms with Crippen molar-refractivity contribution in [3.8, 4) is 0 Å². The van der Waals surface area contributed by atoms with Crippen LogP contribution in [0.15, 0.2) is 54.6 Å². The molecule has 3 unspecified atom stereocenters. The van der Waals surface area contributed by atoms with Gasteiger partial charge < -0.3 is 30.7 Å². The molecule has 0 aliphatic carbocycles. The van der Waals surface area contributed by atoms with E-state index in [0.717, 1.165) is 5.56 Å². The summed E-state index contributed by atoms with van der Waals surface area (Å²) in [6.45, 7) is 9.82. The summed E-state index contributed by atoms with van der Waals surface area (Å²) in [6.07, 6.45) is 1.04. The zero-order chi connectivity index (χ0) is 34.3. The molecule has 0 aliphatic rings. The number of benzene rings is 2. The Morgan fingerprint density at radius 3 is 1.89 bits per heavy atom. The Morgan fingerprint density at radius 1 is 0.783 bits per heavy atom. The fraction of sp³-hybridized carbons (Fsp3) is 0.500. The fourth-order valence-electron chi connectivity index (χ4n) is 4.58. The number of anilines is 2. The molecular weight excluding hydrogens is 608 g/mol. The van der Waals surface area contributed by atoms with Crippen LogP contribution >= 0.6 is 11.8 Å². The SMILES string of the molecule is COC(=O)C(CSCCC(NC(=O)C(CC(C)C)c1ccc(NC(=O)Nc2ccccc2)cc1)C(=O)OC)NC(=O)CC(C)(C)C. The number of nitrogens with one attached hydrogen (secondary N) is 4. The molecule has 2 aromatic rings. The lowest BCUT2D eigenvalue weighted by atomic mass is 9.89. The summed E-state index contributed by atoms with van der Waals surface area (Å²) in [5, 5.41) is 11.1. The predicted molar refractivity (Wildman–Crippen MR) is 182 cm³/mol. The number of para-hydroxylation sites is 1. The maximum atomic E-state index is 13.6. The molecule has 252 valence electrons.